The Morgan fingerprint density at radius 2 is 1.42 bits per heavy atom. The third kappa shape index (κ3) is 9.52. The molecule has 1 fully saturated rings. The molecule has 0 saturated carbocycles. The summed E-state index contributed by atoms with van der Waals surface area (Å²) in [5, 5.41) is 4.56. The van der Waals surface area contributed by atoms with E-state index in [1.165, 1.54) is 27.7 Å². The fraction of sp³-hybridized carbons (Fsp3) is 0.452. The number of oxime groups is 1. The molecule has 0 spiro atoms. The van der Waals surface area contributed by atoms with Gasteiger partial charge in [-0.25, -0.2) is 0 Å². The Labute approximate surface area is 255 Å². The van der Waals surface area contributed by atoms with Crippen LogP contribution < -0.4 is 0 Å². The molecule has 43 heavy (non-hydrogen) atoms. The fourth-order valence-electron chi connectivity index (χ4n) is 4.70. The summed E-state index contributed by atoms with van der Waals surface area (Å²) < 4.78 is 28.1. The smallest absolute Gasteiger partial charge is 0.303 e. The van der Waals surface area contributed by atoms with Crippen LogP contribution in [0.1, 0.15) is 69.9 Å². The zero-order valence-electron chi connectivity index (χ0n) is 25.0. The fourth-order valence-corrected chi connectivity index (χ4v) is 4.89. The predicted molar refractivity (Wildman–Crippen MR) is 155 cm³/mol. The van der Waals surface area contributed by atoms with Crippen LogP contribution in [0.4, 0.5) is 0 Å². The molecule has 0 N–H and O–H groups in total. The quantitative estimate of drug-likeness (QED) is 0.153. The minimum atomic E-state index is -1.27. The predicted octanol–water partition coefficient (Wildman–Crippen LogP) is 4.49. The first-order valence-electron chi connectivity index (χ1n) is 13.7. The minimum absolute atomic E-state index is 0.312. The number of carbonyl (C=O) groups excluding carboxylic acids is 4. The molecule has 2 aromatic carbocycles. The normalized spacial score (nSPS) is 21.8. The van der Waals surface area contributed by atoms with Crippen molar-refractivity contribution in [3.8, 4) is 0 Å². The highest BCUT2D eigenvalue weighted by molar-refractivity contribution is 6.31. The Hall–Kier alpha value is -3.96. The highest BCUT2D eigenvalue weighted by Gasteiger charge is 2.52. The van der Waals surface area contributed by atoms with Gasteiger partial charge in [0.25, 0.3) is 0 Å². The highest BCUT2D eigenvalue weighted by atomic mass is 35.5. The molecule has 0 unspecified atom stereocenters. The van der Waals surface area contributed by atoms with E-state index in [9.17, 15) is 19.2 Å². The van der Waals surface area contributed by atoms with Crippen LogP contribution in [0.25, 0.3) is 0 Å². The van der Waals surface area contributed by atoms with Gasteiger partial charge in [-0.2, -0.15) is 0 Å². The maximum absolute atomic E-state index is 12.2. The van der Waals surface area contributed by atoms with Crippen LogP contribution in [0.3, 0.4) is 0 Å². The number of carbonyl (C=O) groups is 4. The Morgan fingerprint density at radius 3 is 2.00 bits per heavy atom. The maximum atomic E-state index is 12.2. The molecule has 0 bridgehead atoms. The molecule has 1 heterocycles. The van der Waals surface area contributed by atoms with Gasteiger partial charge in [-0.3, -0.25) is 19.2 Å². The molecule has 11 nitrogen and oxygen atoms in total. The number of halogens is 1. The van der Waals surface area contributed by atoms with Crippen LogP contribution >= 0.6 is 11.6 Å². The van der Waals surface area contributed by atoms with Gasteiger partial charge >= 0.3 is 23.9 Å². The van der Waals surface area contributed by atoms with Gasteiger partial charge in [0.05, 0.1) is 5.71 Å². The monoisotopic (exact) mass is 617 g/mol. The zero-order chi connectivity index (χ0) is 31.7. The van der Waals surface area contributed by atoms with Crippen LogP contribution in [0.2, 0.25) is 5.02 Å². The summed E-state index contributed by atoms with van der Waals surface area (Å²) in [5.74, 6) is -2.66. The number of hydrogen-bond donors (Lipinski definition) is 0. The van der Waals surface area contributed by atoms with Crippen LogP contribution in [0.15, 0.2) is 47.6 Å². The topological polar surface area (TPSA) is 136 Å². The van der Waals surface area contributed by atoms with Crippen molar-refractivity contribution in [1.82, 2.24) is 0 Å². The summed E-state index contributed by atoms with van der Waals surface area (Å²) in [7, 11) is 0. The molecule has 0 aliphatic carbocycles. The zero-order valence-corrected chi connectivity index (χ0v) is 25.7. The largest absolute Gasteiger partial charge is 0.463 e. The Bertz CT molecular complexity index is 1340. The van der Waals surface area contributed by atoms with Crippen LogP contribution in [0.5, 0.6) is 0 Å². The van der Waals surface area contributed by atoms with Crippen LogP contribution in [-0.4, -0.2) is 67.2 Å². The molecule has 2 aromatic rings. The van der Waals surface area contributed by atoms with E-state index in [1.54, 1.807) is 18.2 Å². The van der Waals surface area contributed by atoms with Crippen LogP contribution in [0, 0.1) is 0 Å². The highest BCUT2D eigenvalue weighted by Crippen LogP contribution is 2.39. The lowest BCUT2D eigenvalue weighted by atomic mass is 9.89. The average molecular weight is 618 g/mol. The first-order chi connectivity index (χ1) is 20.4. The third-order valence-electron chi connectivity index (χ3n) is 6.49. The Morgan fingerprint density at radius 1 is 0.814 bits per heavy atom. The number of nitrogens with zero attached hydrogens (tertiary/aromatic N) is 1. The average Bonchev–Trinajstić information content (AvgIpc) is 2.93. The molecule has 0 radical (unpaired) electrons. The SMILES string of the molecule is CCON=C(C)c1ccc(Cc2cc([C@@H]3O[C@H](COC(C)=O)[C@@H](OC(C)=O)[C@H](OC(C)=O)[C@H]3OC(C)=O)ccc2Cl)cc1. The molecule has 0 amide bonds. The van der Waals surface area contributed by atoms with E-state index in [0.29, 0.717) is 23.6 Å². The summed E-state index contributed by atoms with van der Waals surface area (Å²) in [4.78, 5) is 53.1. The van der Waals surface area contributed by atoms with E-state index in [-0.39, 0.29) is 6.61 Å². The molecule has 1 saturated heterocycles. The molecular weight excluding hydrogens is 582 g/mol. The number of benzene rings is 2. The van der Waals surface area contributed by atoms with Crippen molar-refractivity contribution < 1.29 is 47.7 Å². The van der Waals surface area contributed by atoms with Gasteiger partial charge in [0, 0.05) is 32.7 Å². The second kappa shape index (κ2) is 15.5. The van der Waals surface area contributed by atoms with Gasteiger partial charge in [-0.1, -0.05) is 53.2 Å². The summed E-state index contributed by atoms with van der Waals surface area (Å²) in [6.45, 7) is 8.65. The number of hydrogen-bond acceptors (Lipinski definition) is 11. The first-order valence-corrected chi connectivity index (χ1v) is 14.1. The van der Waals surface area contributed by atoms with Crippen molar-refractivity contribution in [2.24, 2.45) is 5.16 Å². The first kappa shape index (κ1) is 33.5. The molecule has 12 heteroatoms. The second-order valence-electron chi connectivity index (χ2n) is 9.94. The number of esters is 4. The number of rotatable bonds is 11. The lowest BCUT2D eigenvalue weighted by Crippen LogP contribution is -2.59. The van der Waals surface area contributed by atoms with Crippen molar-refractivity contribution in [1.29, 1.82) is 0 Å². The molecular formula is C31H36ClNO10. The van der Waals surface area contributed by atoms with E-state index in [2.05, 4.69) is 5.16 Å². The van der Waals surface area contributed by atoms with Gasteiger partial charge in [0.15, 0.2) is 18.3 Å². The molecule has 1 aliphatic heterocycles. The van der Waals surface area contributed by atoms with Gasteiger partial charge in [-0.05, 0) is 48.6 Å². The molecule has 0 aromatic heterocycles. The van der Waals surface area contributed by atoms with E-state index in [4.69, 9.17) is 40.1 Å². The van der Waals surface area contributed by atoms with E-state index in [0.717, 1.165) is 22.4 Å². The van der Waals surface area contributed by atoms with Gasteiger partial charge < -0.3 is 28.5 Å². The van der Waals surface area contributed by atoms with Gasteiger partial charge in [0.2, 0.25) is 0 Å². The van der Waals surface area contributed by atoms with Gasteiger partial charge in [0.1, 0.15) is 25.4 Å². The summed E-state index contributed by atoms with van der Waals surface area (Å²) in [6, 6.07) is 13.0. The van der Waals surface area contributed by atoms with Crippen molar-refractivity contribution in [3.05, 3.63) is 69.7 Å². The third-order valence-corrected chi connectivity index (χ3v) is 6.85. The van der Waals surface area contributed by atoms with E-state index >= 15 is 0 Å². The molecule has 1 aliphatic rings. The maximum Gasteiger partial charge on any atom is 0.303 e. The lowest BCUT2D eigenvalue weighted by Gasteiger charge is -2.44. The molecule has 232 valence electrons. The second-order valence-corrected chi connectivity index (χ2v) is 10.3. The van der Waals surface area contributed by atoms with Crippen molar-refractivity contribution in [2.75, 3.05) is 13.2 Å². The summed E-state index contributed by atoms with van der Waals surface area (Å²) in [5.41, 5.74) is 3.92. The summed E-state index contributed by atoms with van der Waals surface area (Å²) >= 11 is 6.59. The van der Waals surface area contributed by atoms with Crippen molar-refractivity contribution in [2.45, 2.75) is 78.5 Å². The lowest BCUT2D eigenvalue weighted by molar-refractivity contribution is -0.254. The number of ether oxygens (including phenoxy) is 5. The van der Waals surface area contributed by atoms with Crippen molar-refractivity contribution in [3.63, 3.8) is 0 Å². The summed E-state index contributed by atoms with van der Waals surface area (Å²) in [6.07, 6.45) is -5.31. The Balaban J connectivity index is 2.01. The Kier molecular flexibility index (Phi) is 12.1. The molecule has 3 rings (SSSR count). The van der Waals surface area contributed by atoms with Crippen LogP contribution in [-0.2, 0) is 54.1 Å². The van der Waals surface area contributed by atoms with E-state index in [1.807, 2.05) is 38.1 Å². The van der Waals surface area contributed by atoms with Crippen molar-refractivity contribution >= 4 is 41.2 Å². The van der Waals surface area contributed by atoms with E-state index < -0.39 is 54.4 Å². The van der Waals surface area contributed by atoms with Gasteiger partial charge in [-0.15, -0.1) is 0 Å². The minimum Gasteiger partial charge on any atom is -0.463 e. The molecule has 5 atom stereocenters. The standard InChI is InChI=1S/C31H36ClNO10/c1-7-39-33-17(2)23-10-8-22(9-11-23)14-25-15-24(12-13-26(25)32)28-30(41-20(5)36)31(42-21(6)37)29(40-19(4)35)27(43-28)16-38-18(3)34/h8-13,15,27-31H,7,14,16H2,1-6H3/t27-,28+,29-,30+,31+/m1/s1.